The maximum atomic E-state index is 12.7. The number of pyridine rings is 1. The van der Waals surface area contributed by atoms with E-state index < -0.39 is 0 Å². The highest BCUT2D eigenvalue weighted by Crippen LogP contribution is 2.24. The first-order valence-corrected chi connectivity index (χ1v) is 8.96. The van der Waals surface area contributed by atoms with E-state index in [4.69, 9.17) is 23.2 Å². The van der Waals surface area contributed by atoms with Gasteiger partial charge >= 0.3 is 0 Å². The third-order valence-electron chi connectivity index (χ3n) is 4.05. The first-order chi connectivity index (χ1) is 13.0. The molecule has 4 rings (SSSR count). The van der Waals surface area contributed by atoms with Crippen molar-refractivity contribution in [3.8, 4) is 5.82 Å². The second-order valence-electron chi connectivity index (χ2n) is 6.02. The SMILES string of the molecule is Cc1cc(NC(=O)c2ccc(Cl)cc2Cl)n(-c2ccc3ccccc3n2)n1. The highest BCUT2D eigenvalue weighted by Gasteiger charge is 2.16. The number of halogens is 2. The Bertz CT molecular complexity index is 1170. The molecule has 134 valence electrons. The Balaban J connectivity index is 1.71. The van der Waals surface area contributed by atoms with Crippen LogP contribution in [0.25, 0.3) is 16.7 Å². The van der Waals surface area contributed by atoms with Crippen molar-refractivity contribution in [1.29, 1.82) is 0 Å². The molecule has 0 aliphatic rings. The number of nitrogens with one attached hydrogen (secondary N) is 1. The number of carbonyl (C=O) groups is 1. The molecule has 4 aromatic rings. The predicted octanol–water partition coefficient (Wildman–Crippen LogP) is 5.29. The van der Waals surface area contributed by atoms with Crippen LogP contribution in [0.5, 0.6) is 0 Å². The van der Waals surface area contributed by atoms with Crippen LogP contribution in [0, 0.1) is 6.92 Å². The normalized spacial score (nSPS) is 10.9. The monoisotopic (exact) mass is 396 g/mol. The zero-order valence-corrected chi connectivity index (χ0v) is 15.8. The average Bonchev–Trinajstić information content (AvgIpc) is 3.01. The number of hydrogen-bond acceptors (Lipinski definition) is 3. The summed E-state index contributed by atoms with van der Waals surface area (Å²) < 4.78 is 1.60. The Morgan fingerprint density at radius 2 is 1.85 bits per heavy atom. The van der Waals surface area contributed by atoms with Crippen molar-refractivity contribution in [2.75, 3.05) is 5.32 Å². The summed E-state index contributed by atoms with van der Waals surface area (Å²) in [5, 5.41) is 9.09. The fourth-order valence-corrected chi connectivity index (χ4v) is 3.29. The Hall–Kier alpha value is -2.89. The van der Waals surface area contributed by atoms with Gasteiger partial charge in [0.05, 0.1) is 21.8 Å². The lowest BCUT2D eigenvalue weighted by atomic mass is 10.2. The van der Waals surface area contributed by atoms with Crippen LogP contribution in [0.2, 0.25) is 10.0 Å². The minimum absolute atomic E-state index is 0.284. The molecule has 0 saturated carbocycles. The van der Waals surface area contributed by atoms with Crippen molar-refractivity contribution in [2.24, 2.45) is 0 Å². The van der Waals surface area contributed by atoms with E-state index in [0.29, 0.717) is 22.2 Å². The van der Waals surface area contributed by atoms with Gasteiger partial charge in [-0.1, -0.05) is 41.4 Å². The van der Waals surface area contributed by atoms with E-state index in [1.54, 1.807) is 22.9 Å². The van der Waals surface area contributed by atoms with Crippen LogP contribution in [0.4, 0.5) is 5.82 Å². The van der Waals surface area contributed by atoms with Gasteiger partial charge in [0.2, 0.25) is 0 Å². The number of fused-ring (bicyclic) bond motifs is 1. The van der Waals surface area contributed by atoms with Gasteiger partial charge in [0.25, 0.3) is 5.91 Å². The molecule has 1 amide bonds. The van der Waals surface area contributed by atoms with Gasteiger partial charge in [-0.3, -0.25) is 4.79 Å². The van der Waals surface area contributed by atoms with Gasteiger partial charge < -0.3 is 5.32 Å². The zero-order chi connectivity index (χ0) is 19.0. The van der Waals surface area contributed by atoms with Crippen molar-refractivity contribution in [1.82, 2.24) is 14.8 Å². The van der Waals surface area contributed by atoms with Crippen molar-refractivity contribution in [2.45, 2.75) is 6.92 Å². The number of rotatable bonds is 3. The molecule has 0 bridgehead atoms. The maximum Gasteiger partial charge on any atom is 0.258 e. The highest BCUT2D eigenvalue weighted by atomic mass is 35.5. The topological polar surface area (TPSA) is 59.8 Å². The van der Waals surface area contributed by atoms with Gasteiger partial charge in [-0.2, -0.15) is 9.78 Å². The number of benzene rings is 2. The van der Waals surface area contributed by atoms with Gasteiger partial charge in [0.1, 0.15) is 5.82 Å². The molecular weight excluding hydrogens is 383 g/mol. The summed E-state index contributed by atoms with van der Waals surface area (Å²) in [5.41, 5.74) is 1.93. The summed E-state index contributed by atoms with van der Waals surface area (Å²) >= 11 is 12.0. The molecule has 0 atom stereocenters. The minimum atomic E-state index is -0.349. The quantitative estimate of drug-likeness (QED) is 0.511. The average molecular weight is 397 g/mol. The van der Waals surface area contributed by atoms with Crippen LogP contribution in [0.15, 0.2) is 60.7 Å². The number of para-hydroxylation sites is 1. The van der Waals surface area contributed by atoms with Crippen LogP contribution in [0.3, 0.4) is 0 Å². The lowest BCUT2D eigenvalue weighted by Crippen LogP contribution is -2.16. The Kier molecular flexibility index (Phi) is 4.56. The van der Waals surface area contributed by atoms with Crippen molar-refractivity contribution in [3.05, 3.63) is 82.0 Å². The smallest absolute Gasteiger partial charge is 0.258 e. The summed E-state index contributed by atoms with van der Waals surface area (Å²) in [6, 6.07) is 18.2. The van der Waals surface area contributed by atoms with E-state index in [1.165, 1.54) is 6.07 Å². The van der Waals surface area contributed by atoms with E-state index in [1.807, 2.05) is 43.3 Å². The molecule has 0 radical (unpaired) electrons. The third-order valence-corrected chi connectivity index (χ3v) is 4.60. The fraction of sp³-hybridized carbons (Fsp3) is 0.0500. The standard InChI is InChI=1S/C20H14Cl2N4O/c1-12-10-19(24-20(27)15-8-7-14(21)11-16(15)22)26(25-12)18-9-6-13-4-2-3-5-17(13)23-18/h2-11H,1H3,(H,24,27). The Morgan fingerprint density at radius 1 is 1.04 bits per heavy atom. The second-order valence-corrected chi connectivity index (χ2v) is 6.87. The van der Waals surface area contributed by atoms with Gasteiger partial charge in [-0.15, -0.1) is 0 Å². The van der Waals surface area contributed by atoms with Crippen LogP contribution >= 0.6 is 23.2 Å². The molecule has 7 heteroatoms. The number of amides is 1. The van der Waals surface area contributed by atoms with Crippen molar-refractivity contribution >= 4 is 45.8 Å². The largest absolute Gasteiger partial charge is 0.306 e. The van der Waals surface area contributed by atoms with E-state index in [9.17, 15) is 4.79 Å². The molecule has 0 unspecified atom stereocenters. The number of hydrogen-bond donors (Lipinski definition) is 1. The lowest BCUT2D eigenvalue weighted by Gasteiger charge is -2.10. The molecule has 5 nitrogen and oxygen atoms in total. The van der Waals surface area contributed by atoms with Gasteiger partial charge in [-0.05, 0) is 43.3 Å². The number of aromatic nitrogens is 3. The molecule has 0 aliphatic heterocycles. The van der Waals surface area contributed by atoms with Gasteiger partial charge in [-0.25, -0.2) is 4.98 Å². The first kappa shape index (κ1) is 17.5. The Morgan fingerprint density at radius 3 is 2.67 bits per heavy atom. The Labute approximate surface area is 165 Å². The predicted molar refractivity (Wildman–Crippen MR) is 108 cm³/mol. The summed E-state index contributed by atoms with van der Waals surface area (Å²) in [6.07, 6.45) is 0. The first-order valence-electron chi connectivity index (χ1n) is 8.20. The van der Waals surface area contributed by atoms with E-state index in [-0.39, 0.29) is 10.9 Å². The maximum absolute atomic E-state index is 12.7. The van der Waals surface area contributed by atoms with Crippen molar-refractivity contribution < 1.29 is 4.79 Å². The zero-order valence-electron chi connectivity index (χ0n) is 14.3. The molecule has 0 aliphatic carbocycles. The highest BCUT2D eigenvalue weighted by molar-refractivity contribution is 6.37. The molecular formula is C20H14Cl2N4O. The minimum Gasteiger partial charge on any atom is -0.306 e. The number of aryl methyl sites for hydroxylation is 1. The number of anilines is 1. The van der Waals surface area contributed by atoms with Crippen LogP contribution in [-0.4, -0.2) is 20.7 Å². The molecule has 1 N–H and O–H groups in total. The van der Waals surface area contributed by atoms with Crippen LogP contribution in [-0.2, 0) is 0 Å². The molecule has 2 aromatic heterocycles. The summed E-state index contributed by atoms with van der Waals surface area (Å²) in [7, 11) is 0. The van der Waals surface area contributed by atoms with E-state index in [2.05, 4.69) is 15.4 Å². The van der Waals surface area contributed by atoms with E-state index >= 15 is 0 Å². The summed E-state index contributed by atoms with van der Waals surface area (Å²) in [4.78, 5) is 17.3. The third kappa shape index (κ3) is 3.52. The van der Waals surface area contributed by atoms with Gasteiger partial charge in [0, 0.05) is 16.5 Å². The molecule has 0 saturated heterocycles. The van der Waals surface area contributed by atoms with Crippen molar-refractivity contribution in [3.63, 3.8) is 0 Å². The van der Waals surface area contributed by atoms with E-state index in [0.717, 1.165) is 16.6 Å². The fourth-order valence-electron chi connectivity index (χ4n) is 2.79. The molecule has 0 fully saturated rings. The summed E-state index contributed by atoms with van der Waals surface area (Å²) in [5.74, 6) is 0.768. The van der Waals surface area contributed by atoms with Crippen LogP contribution < -0.4 is 5.32 Å². The molecule has 0 spiro atoms. The second kappa shape index (κ2) is 7.02. The molecule has 2 aromatic carbocycles. The molecule has 2 heterocycles. The van der Waals surface area contributed by atoms with Gasteiger partial charge in [0.15, 0.2) is 5.82 Å². The van der Waals surface area contributed by atoms with Crippen LogP contribution in [0.1, 0.15) is 16.1 Å². The lowest BCUT2D eigenvalue weighted by molar-refractivity contribution is 0.102. The number of nitrogens with zero attached hydrogens (tertiary/aromatic N) is 3. The number of carbonyl (C=O) groups excluding carboxylic acids is 1. The molecule has 27 heavy (non-hydrogen) atoms. The summed E-state index contributed by atoms with van der Waals surface area (Å²) in [6.45, 7) is 1.85.